The molecule has 2 rings (SSSR count). The molecule has 1 N–H and O–H groups in total. The van der Waals surface area contributed by atoms with Crippen LogP contribution < -0.4 is 0 Å². The second kappa shape index (κ2) is 7.40. The van der Waals surface area contributed by atoms with E-state index in [1.165, 1.54) is 0 Å². The van der Waals surface area contributed by atoms with Crippen LogP contribution in [-0.4, -0.2) is 41.1 Å². The lowest BCUT2D eigenvalue weighted by atomic mass is 9.97. The number of aliphatic carboxylic acids is 1. The molecule has 1 heterocycles. The number of ether oxygens (including phenoxy) is 1. The van der Waals surface area contributed by atoms with Gasteiger partial charge in [-0.05, 0) is 44.4 Å². The van der Waals surface area contributed by atoms with E-state index >= 15 is 0 Å². The van der Waals surface area contributed by atoms with Crippen LogP contribution in [-0.2, 0) is 16.1 Å². The van der Waals surface area contributed by atoms with Gasteiger partial charge < -0.3 is 14.7 Å². The largest absolute Gasteiger partial charge is 0.481 e. The molecule has 1 amide bonds. The Morgan fingerprint density at radius 2 is 2.00 bits per heavy atom. The number of nitrogens with zero attached hydrogens (tertiary/aromatic N) is 1. The number of carbonyl (C=O) groups excluding carboxylic acids is 1. The average Bonchev–Trinajstić information content (AvgIpc) is 2.53. The van der Waals surface area contributed by atoms with Gasteiger partial charge in [0.2, 0.25) is 0 Å². The van der Waals surface area contributed by atoms with Crippen molar-refractivity contribution >= 4 is 11.9 Å². The lowest BCUT2D eigenvalue weighted by molar-refractivity contribution is -0.143. The van der Waals surface area contributed by atoms with Crippen LogP contribution in [0.3, 0.4) is 0 Å². The highest BCUT2D eigenvalue weighted by atomic mass is 16.5. The van der Waals surface area contributed by atoms with Crippen LogP contribution in [0.25, 0.3) is 0 Å². The van der Waals surface area contributed by atoms with E-state index < -0.39 is 11.9 Å². The van der Waals surface area contributed by atoms with E-state index in [1.807, 2.05) is 26.0 Å². The van der Waals surface area contributed by atoms with Gasteiger partial charge in [0.25, 0.3) is 5.91 Å². The molecule has 5 heteroatoms. The third-order valence-corrected chi connectivity index (χ3v) is 3.84. The molecule has 0 aliphatic carbocycles. The summed E-state index contributed by atoms with van der Waals surface area (Å²) in [4.78, 5) is 25.2. The maximum absolute atomic E-state index is 12.4. The topological polar surface area (TPSA) is 66.8 Å². The number of benzene rings is 1. The molecular formula is C17H23NO4. The lowest BCUT2D eigenvalue weighted by Gasteiger charge is -2.30. The molecule has 1 saturated heterocycles. The summed E-state index contributed by atoms with van der Waals surface area (Å²) in [5.74, 6) is -1.36. The van der Waals surface area contributed by atoms with Crippen molar-refractivity contribution in [1.82, 2.24) is 4.90 Å². The van der Waals surface area contributed by atoms with E-state index in [0.717, 1.165) is 12.0 Å². The van der Waals surface area contributed by atoms with Crippen molar-refractivity contribution < 1.29 is 19.4 Å². The summed E-state index contributed by atoms with van der Waals surface area (Å²) in [6.45, 7) is 5.41. The number of amides is 1. The molecule has 0 aromatic heterocycles. The summed E-state index contributed by atoms with van der Waals surface area (Å²) in [5, 5.41) is 9.10. The highest BCUT2D eigenvalue weighted by Crippen LogP contribution is 2.19. The smallest absolute Gasteiger partial charge is 0.308 e. The summed E-state index contributed by atoms with van der Waals surface area (Å²) in [6, 6.07) is 7.33. The first-order valence-electron chi connectivity index (χ1n) is 7.70. The van der Waals surface area contributed by atoms with Crippen molar-refractivity contribution in [2.45, 2.75) is 39.4 Å². The van der Waals surface area contributed by atoms with E-state index in [0.29, 0.717) is 31.7 Å². The van der Waals surface area contributed by atoms with Crippen molar-refractivity contribution in [3.05, 3.63) is 35.4 Å². The fraction of sp³-hybridized carbons (Fsp3) is 0.529. The third-order valence-electron chi connectivity index (χ3n) is 3.84. The molecule has 1 aromatic rings. The van der Waals surface area contributed by atoms with Crippen LogP contribution in [0.15, 0.2) is 24.3 Å². The molecule has 0 saturated carbocycles. The minimum atomic E-state index is -0.821. The zero-order valence-electron chi connectivity index (χ0n) is 13.1. The number of likely N-dealkylation sites (tertiary alicyclic amines) is 1. The summed E-state index contributed by atoms with van der Waals surface area (Å²) < 4.78 is 5.52. The van der Waals surface area contributed by atoms with Crippen LogP contribution >= 0.6 is 0 Å². The summed E-state index contributed by atoms with van der Waals surface area (Å²) in [5.41, 5.74) is 1.62. The Labute approximate surface area is 130 Å². The Hall–Kier alpha value is -1.88. The van der Waals surface area contributed by atoms with Crippen LogP contribution in [0.1, 0.15) is 42.6 Å². The van der Waals surface area contributed by atoms with Gasteiger partial charge >= 0.3 is 5.97 Å². The lowest BCUT2D eigenvalue weighted by Crippen LogP contribution is -2.42. The number of hydrogen-bond acceptors (Lipinski definition) is 3. The molecule has 1 atom stereocenters. The first kappa shape index (κ1) is 16.5. The van der Waals surface area contributed by atoms with Crippen LogP contribution in [0, 0.1) is 5.92 Å². The predicted molar refractivity (Wildman–Crippen MR) is 82.6 cm³/mol. The van der Waals surface area contributed by atoms with Gasteiger partial charge in [0.05, 0.1) is 18.6 Å². The predicted octanol–water partition coefficient (Wildman–Crippen LogP) is 2.55. The highest BCUT2D eigenvalue weighted by molar-refractivity contribution is 5.94. The van der Waals surface area contributed by atoms with E-state index in [9.17, 15) is 9.59 Å². The number of carboxylic acid groups (broad SMARTS) is 1. The Morgan fingerprint density at radius 3 is 2.59 bits per heavy atom. The van der Waals surface area contributed by atoms with Crippen molar-refractivity contribution in [3.63, 3.8) is 0 Å². The van der Waals surface area contributed by atoms with Crippen molar-refractivity contribution in [2.24, 2.45) is 5.92 Å². The molecule has 1 aromatic carbocycles. The number of piperidine rings is 1. The maximum atomic E-state index is 12.4. The molecule has 1 aliphatic rings. The Morgan fingerprint density at radius 1 is 1.32 bits per heavy atom. The quantitative estimate of drug-likeness (QED) is 0.908. The molecule has 120 valence electrons. The van der Waals surface area contributed by atoms with E-state index in [-0.39, 0.29) is 12.0 Å². The molecule has 1 aliphatic heterocycles. The number of rotatable bonds is 5. The van der Waals surface area contributed by atoms with Gasteiger partial charge in [-0.2, -0.15) is 0 Å². The number of hydrogen-bond donors (Lipinski definition) is 1. The third kappa shape index (κ3) is 4.31. The Balaban J connectivity index is 1.98. The molecule has 22 heavy (non-hydrogen) atoms. The fourth-order valence-corrected chi connectivity index (χ4v) is 2.55. The van der Waals surface area contributed by atoms with E-state index in [1.54, 1.807) is 17.0 Å². The van der Waals surface area contributed by atoms with Crippen molar-refractivity contribution in [2.75, 3.05) is 13.1 Å². The Kier molecular flexibility index (Phi) is 5.55. The van der Waals surface area contributed by atoms with Gasteiger partial charge in [0.1, 0.15) is 0 Å². The second-order valence-electron chi connectivity index (χ2n) is 5.99. The maximum Gasteiger partial charge on any atom is 0.308 e. The van der Waals surface area contributed by atoms with E-state index in [4.69, 9.17) is 9.84 Å². The molecule has 0 radical (unpaired) electrons. The molecule has 0 unspecified atom stereocenters. The number of carbonyl (C=O) groups is 2. The average molecular weight is 305 g/mol. The summed E-state index contributed by atoms with van der Waals surface area (Å²) in [7, 11) is 0. The van der Waals surface area contributed by atoms with Gasteiger partial charge in [-0.15, -0.1) is 0 Å². The second-order valence-corrected chi connectivity index (χ2v) is 5.99. The van der Waals surface area contributed by atoms with Crippen molar-refractivity contribution in [1.29, 1.82) is 0 Å². The fourth-order valence-electron chi connectivity index (χ4n) is 2.55. The van der Waals surface area contributed by atoms with Gasteiger partial charge in [-0.1, -0.05) is 12.1 Å². The van der Waals surface area contributed by atoms with Gasteiger partial charge in [0, 0.05) is 18.7 Å². The minimum Gasteiger partial charge on any atom is -0.481 e. The van der Waals surface area contributed by atoms with Gasteiger partial charge in [-0.25, -0.2) is 0 Å². The molecule has 0 bridgehead atoms. The standard InChI is InChI=1S/C17H23NO4/c1-12(2)22-11-13-5-7-14(8-6-13)16(19)18-9-3-4-15(10-18)17(20)21/h5-8,12,15H,3-4,9-11H2,1-2H3,(H,20,21)/t15-/m0/s1. The van der Waals surface area contributed by atoms with Crippen LogP contribution in [0.4, 0.5) is 0 Å². The van der Waals surface area contributed by atoms with Gasteiger partial charge in [-0.3, -0.25) is 9.59 Å². The van der Waals surface area contributed by atoms with Crippen LogP contribution in [0.5, 0.6) is 0 Å². The first-order chi connectivity index (χ1) is 10.5. The summed E-state index contributed by atoms with van der Waals surface area (Å²) in [6.07, 6.45) is 1.55. The van der Waals surface area contributed by atoms with E-state index in [2.05, 4.69) is 0 Å². The zero-order valence-corrected chi connectivity index (χ0v) is 13.1. The van der Waals surface area contributed by atoms with Crippen molar-refractivity contribution in [3.8, 4) is 0 Å². The molecule has 1 fully saturated rings. The zero-order chi connectivity index (χ0) is 16.1. The Bertz CT molecular complexity index is 524. The molecule has 5 nitrogen and oxygen atoms in total. The van der Waals surface area contributed by atoms with Crippen LogP contribution in [0.2, 0.25) is 0 Å². The SMILES string of the molecule is CC(C)OCc1ccc(C(=O)N2CCC[C@H](C(=O)O)C2)cc1. The molecule has 0 spiro atoms. The highest BCUT2D eigenvalue weighted by Gasteiger charge is 2.28. The first-order valence-corrected chi connectivity index (χ1v) is 7.70. The summed E-state index contributed by atoms with van der Waals surface area (Å²) >= 11 is 0. The molecular weight excluding hydrogens is 282 g/mol. The van der Waals surface area contributed by atoms with Gasteiger partial charge in [0.15, 0.2) is 0 Å². The monoisotopic (exact) mass is 305 g/mol. The number of carboxylic acids is 1. The normalized spacial score (nSPS) is 18.5. The minimum absolute atomic E-state index is 0.0951.